The van der Waals surface area contributed by atoms with Crippen molar-refractivity contribution in [3.05, 3.63) is 16.1 Å². The van der Waals surface area contributed by atoms with Gasteiger partial charge in [-0.15, -0.1) is 11.3 Å². The van der Waals surface area contributed by atoms with Gasteiger partial charge in [-0.05, 0) is 26.2 Å². The third-order valence-corrected chi connectivity index (χ3v) is 3.65. The van der Waals surface area contributed by atoms with Gasteiger partial charge in [0.15, 0.2) is 0 Å². The van der Waals surface area contributed by atoms with Crippen molar-refractivity contribution in [2.24, 2.45) is 5.92 Å². The molecule has 0 aliphatic heterocycles. The number of rotatable bonds is 7. The lowest BCUT2D eigenvalue weighted by atomic mass is 9.98. The van der Waals surface area contributed by atoms with Crippen LogP contribution in [0.15, 0.2) is 5.38 Å². The summed E-state index contributed by atoms with van der Waals surface area (Å²) >= 11 is 1.73. The third kappa shape index (κ3) is 4.60. The number of hydrogen-bond donors (Lipinski definition) is 1. The second kappa shape index (κ2) is 6.99. The smallest absolute Gasteiger partial charge is 0.0897 e. The molecule has 0 spiro atoms. The van der Waals surface area contributed by atoms with Crippen molar-refractivity contribution in [1.82, 2.24) is 10.3 Å². The number of methoxy groups -OCH3 is 1. The van der Waals surface area contributed by atoms with Gasteiger partial charge in [0.2, 0.25) is 0 Å². The van der Waals surface area contributed by atoms with E-state index < -0.39 is 0 Å². The van der Waals surface area contributed by atoms with Crippen LogP contribution < -0.4 is 5.32 Å². The van der Waals surface area contributed by atoms with Crippen LogP contribution in [0.4, 0.5) is 0 Å². The first-order valence-corrected chi connectivity index (χ1v) is 6.64. The largest absolute Gasteiger partial charge is 0.383 e. The van der Waals surface area contributed by atoms with Gasteiger partial charge in [0.05, 0.1) is 17.3 Å². The molecule has 0 bridgehead atoms. The summed E-state index contributed by atoms with van der Waals surface area (Å²) in [7, 11) is 1.73. The van der Waals surface area contributed by atoms with Crippen molar-refractivity contribution in [3.63, 3.8) is 0 Å². The van der Waals surface area contributed by atoms with E-state index in [0.29, 0.717) is 12.0 Å². The Bertz CT molecular complexity index is 301. The Balaban J connectivity index is 2.30. The van der Waals surface area contributed by atoms with E-state index in [1.54, 1.807) is 18.4 Å². The fraction of sp³-hybridized carbons (Fsp3) is 0.750. The molecule has 16 heavy (non-hydrogen) atoms. The van der Waals surface area contributed by atoms with E-state index in [-0.39, 0.29) is 0 Å². The summed E-state index contributed by atoms with van der Waals surface area (Å²) in [6.45, 7) is 8.22. The molecule has 0 saturated carbocycles. The Kier molecular flexibility index (Phi) is 5.95. The number of nitrogens with zero attached hydrogens (tertiary/aromatic N) is 1. The molecule has 92 valence electrons. The maximum absolute atomic E-state index is 5.02. The van der Waals surface area contributed by atoms with Gasteiger partial charge in [-0.2, -0.15) is 0 Å². The summed E-state index contributed by atoms with van der Waals surface area (Å²) in [4.78, 5) is 4.50. The van der Waals surface area contributed by atoms with Crippen molar-refractivity contribution < 1.29 is 4.74 Å². The maximum Gasteiger partial charge on any atom is 0.0897 e. The summed E-state index contributed by atoms with van der Waals surface area (Å²) in [5.74, 6) is 0.596. The first-order valence-electron chi connectivity index (χ1n) is 5.76. The Hall–Kier alpha value is -0.450. The van der Waals surface area contributed by atoms with Gasteiger partial charge in [-0.1, -0.05) is 6.92 Å². The molecule has 0 saturated heterocycles. The van der Waals surface area contributed by atoms with Gasteiger partial charge in [0.25, 0.3) is 0 Å². The molecule has 1 aromatic rings. The van der Waals surface area contributed by atoms with Gasteiger partial charge >= 0.3 is 0 Å². The highest BCUT2D eigenvalue weighted by Crippen LogP contribution is 2.14. The normalized spacial score (nSPS) is 15.0. The van der Waals surface area contributed by atoms with Crippen LogP contribution in [0.25, 0.3) is 0 Å². The van der Waals surface area contributed by atoms with Crippen LogP contribution in [0.5, 0.6) is 0 Å². The molecule has 0 aliphatic rings. The zero-order valence-electron chi connectivity index (χ0n) is 10.6. The minimum absolute atomic E-state index is 0.497. The van der Waals surface area contributed by atoms with E-state index >= 15 is 0 Å². The van der Waals surface area contributed by atoms with Crippen LogP contribution in [0, 0.1) is 12.8 Å². The highest BCUT2D eigenvalue weighted by Gasteiger charge is 2.13. The zero-order chi connectivity index (χ0) is 12.0. The van der Waals surface area contributed by atoms with E-state index in [0.717, 1.165) is 24.6 Å². The van der Waals surface area contributed by atoms with E-state index in [2.05, 4.69) is 36.5 Å². The summed E-state index contributed by atoms with van der Waals surface area (Å²) in [6, 6.07) is 0.497. The standard InChI is InChI=1S/C12H22N2OS/c1-9(10(2)13-5-6-15-4)7-12-8-16-11(3)14-12/h8-10,13H,5-7H2,1-4H3. The Labute approximate surface area is 102 Å². The lowest BCUT2D eigenvalue weighted by molar-refractivity contribution is 0.192. The molecule has 0 aliphatic carbocycles. The first-order chi connectivity index (χ1) is 7.63. The quantitative estimate of drug-likeness (QED) is 0.745. The van der Waals surface area contributed by atoms with Crippen LogP contribution in [-0.4, -0.2) is 31.3 Å². The molecule has 0 radical (unpaired) electrons. The van der Waals surface area contributed by atoms with Gasteiger partial charge in [-0.25, -0.2) is 4.98 Å². The van der Waals surface area contributed by atoms with Gasteiger partial charge in [-0.3, -0.25) is 0 Å². The van der Waals surface area contributed by atoms with Crippen LogP contribution >= 0.6 is 11.3 Å². The van der Waals surface area contributed by atoms with Crippen LogP contribution in [-0.2, 0) is 11.2 Å². The molecule has 0 fully saturated rings. The molecule has 1 rings (SSSR count). The molecule has 0 amide bonds. The van der Waals surface area contributed by atoms with E-state index in [1.165, 1.54) is 5.69 Å². The second-order valence-corrected chi connectivity index (χ2v) is 5.34. The molecule has 3 nitrogen and oxygen atoms in total. The molecule has 0 aromatic carbocycles. The number of aryl methyl sites for hydroxylation is 1. The average Bonchev–Trinajstić information content (AvgIpc) is 2.64. The minimum atomic E-state index is 0.497. The van der Waals surface area contributed by atoms with Crippen molar-refractivity contribution in [1.29, 1.82) is 0 Å². The molecule has 1 heterocycles. The summed E-state index contributed by atoms with van der Waals surface area (Å²) in [5.41, 5.74) is 1.22. The average molecular weight is 242 g/mol. The number of ether oxygens (including phenoxy) is 1. The van der Waals surface area contributed by atoms with Crippen LogP contribution in [0.3, 0.4) is 0 Å². The van der Waals surface area contributed by atoms with E-state index in [1.807, 2.05) is 0 Å². The lowest BCUT2D eigenvalue weighted by Crippen LogP contribution is -2.35. The number of thiazole rings is 1. The van der Waals surface area contributed by atoms with Crippen molar-refractivity contribution >= 4 is 11.3 Å². The third-order valence-electron chi connectivity index (χ3n) is 2.82. The predicted octanol–water partition coefficient (Wildman–Crippen LogP) is 2.25. The Morgan fingerprint density at radius 3 is 2.81 bits per heavy atom. The summed E-state index contributed by atoms with van der Waals surface area (Å²) in [5, 5.41) is 6.78. The maximum atomic E-state index is 5.02. The van der Waals surface area contributed by atoms with Crippen LogP contribution in [0.1, 0.15) is 24.5 Å². The molecule has 1 aromatic heterocycles. The molecule has 2 atom stereocenters. The molecular weight excluding hydrogens is 220 g/mol. The van der Waals surface area contributed by atoms with Gasteiger partial charge in [0, 0.05) is 25.1 Å². The van der Waals surface area contributed by atoms with Crippen molar-refractivity contribution in [2.75, 3.05) is 20.3 Å². The monoisotopic (exact) mass is 242 g/mol. The van der Waals surface area contributed by atoms with E-state index in [9.17, 15) is 0 Å². The van der Waals surface area contributed by atoms with Crippen molar-refractivity contribution in [3.8, 4) is 0 Å². The van der Waals surface area contributed by atoms with Crippen molar-refractivity contribution in [2.45, 2.75) is 33.2 Å². The zero-order valence-corrected chi connectivity index (χ0v) is 11.4. The highest BCUT2D eigenvalue weighted by molar-refractivity contribution is 7.09. The topological polar surface area (TPSA) is 34.1 Å². The number of hydrogen-bond acceptors (Lipinski definition) is 4. The number of aromatic nitrogens is 1. The van der Waals surface area contributed by atoms with Gasteiger partial charge in [0.1, 0.15) is 0 Å². The highest BCUT2D eigenvalue weighted by atomic mass is 32.1. The first kappa shape index (κ1) is 13.6. The Morgan fingerprint density at radius 1 is 1.50 bits per heavy atom. The summed E-state index contributed by atoms with van der Waals surface area (Å²) in [6.07, 6.45) is 1.05. The van der Waals surface area contributed by atoms with Crippen LogP contribution in [0.2, 0.25) is 0 Å². The van der Waals surface area contributed by atoms with E-state index in [4.69, 9.17) is 4.74 Å². The lowest BCUT2D eigenvalue weighted by Gasteiger charge is -2.20. The second-order valence-electron chi connectivity index (χ2n) is 4.27. The predicted molar refractivity (Wildman–Crippen MR) is 69.1 cm³/mol. The summed E-state index contributed by atoms with van der Waals surface area (Å²) < 4.78 is 5.02. The molecule has 4 heteroatoms. The SMILES string of the molecule is COCCNC(C)C(C)Cc1csc(C)n1. The van der Waals surface area contributed by atoms with Gasteiger partial charge < -0.3 is 10.1 Å². The molecule has 2 unspecified atom stereocenters. The molecular formula is C12H22N2OS. The minimum Gasteiger partial charge on any atom is -0.383 e. The fourth-order valence-electron chi connectivity index (χ4n) is 1.60. The molecule has 1 N–H and O–H groups in total. The number of nitrogens with one attached hydrogen (secondary N) is 1. The Morgan fingerprint density at radius 2 is 2.25 bits per heavy atom. The fourth-order valence-corrected chi connectivity index (χ4v) is 2.22.